The summed E-state index contributed by atoms with van der Waals surface area (Å²) in [7, 11) is 0. The highest BCUT2D eigenvalue weighted by Crippen LogP contribution is 2.24. The third kappa shape index (κ3) is 3.84. The number of rotatable bonds is 5. The molecule has 2 rings (SSSR count). The fourth-order valence-corrected chi connectivity index (χ4v) is 2.76. The summed E-state index contributed by atoms with van der Waals surface area (Å²) in [6.07, 6.45) is 0.997. The van der Waals surface area contributed by atoms with Crippen molar-refractivity contribution < 1.29 is 0 Å². The van der Waals surface area contributed by atoms with Gasteiger partial charge in [0.05, 0.1) is 0 Å². The van der Waals surface area contributed by atoms with Crippen LogP contribution in [0.25, 0.3) is 0 Å². The Morgan fingerprint density at radius 2 is 1.75 bits per heavy atom. The monoisotopic (exact) mass is 287 g/mol. The van der Waals surface area contributed by atoms with Gasteiger partial charge in [-0.3, -0.25) is 0 Å². The Labute approximate surface area is 127 Å². The fourth-order valence-electron chi connectivity index (χ4n) is 2.53. The largest absolute Gasteiger partial charge is 0.310 e. The minimum absolute atomic E-state index is 0.333. The van der Waals surface area contributed by atoms with Crippen LogP contribution in [-0.2, 0) is 6.42 Å². The molecule has 0 fully saturated rings. The number of hydrogen-bond donors (Lipinski definition) is 1. The molecule has 106 valence electrons. The number of nitrogens with one attached hydrogen (secondary N) is 1. The molecule has 0 spiro atoms. The van der Waals surface area contributed by atoms with E-state index in [0.717, 1.165) is 18.0 Å². The van der Waals surface area contributed by atoms with Crippen molar-refractivity contribution in [1.29, 1.82) is 0 Å². The molecule has 2 heteroatoms. The summed E-state index contributed by atoms with van der Waals surface area (Å²) in [4.78, 5) is 0. The second-order valence-electron chi connectivity index (χ2n) is 5.30. The predicted molar refractivity (Wildman–Crippen MR) is 87.5 cm³/mol. The molecule has 0 amide bonds. The number of hydrogen-bond acceptors (Lipinski definition) is 1. The molecule has 0 radical (unpaired) electrons. The predicted octanol–water partition coefficient (Wildman–Crippen LogP) is 4.85. The van der Waals surface area contributed by atoms with Crippen LogP contribution in [0.4, 0.5) is 0 Å². The molecule has 0 aliphatic heterocycles. The van der Waals surface area contributed by atoms with Crippen LogP contribution in [0.5, 0.6) is 0 Å². The van der Waals surface area contributed by atoms with E-state index in [1.165, 1.54) is 22.3 Å². The molecule has 0 heterocycles. The van der Waals surface area contributed by atoms with Gasteiger partial charge in [0.25, 0.3) is 0 Å². The van der Waals surface area contributed by atoms with Crippen molar-refractivity contribution >= 4 is 11.6 Å². The van der Waals surface area contributed by atoms with Crippen molar-refractivity contribution in [3.8, 4) is 0 Å². The molecule has 0 aliphatic rings. The van der Waals surface area contributed by atoms with Crippen molar-refractivity contribution in [1.82, 2.24) is 5.32 Å². The molecule has 1 nitrogen and oxygen atoms in total. The third-order valence-electron chi connectivity index (χ3n) is 3.62. The summed E-state index contributed by atoms with van der Waals surface area (Å²) in [6, 6.07) is 15.3. The van der Waals surface area contributed by atoms with E-state index >= 15 is 0 Å². The van der Waals surface area contributed by atoms with Gasteiger partial charge in [0.2, 0.25) is 0 Å². The SMILES string of the molecule is CCNC(Cc1ccc(C)cc1)c1ccc(Cl)cc1C. The first-order chi connectivity index (χ1) is 9.60. The lowest BCUT2D eigenvalue weighted by atomic mass is 9.95. The summed E-state index contributed by atoms with van der Waals surface area (Å²) in [5.41, 5.74) is 5.24. The molecule has 2 aromatic carbocycles. The van der Waals surface area contributed by atoms with Crippen LogP contribution in [0.3, 0.4) is 0 Å². The summed E-state index contributed by atoms with van der Waals surface area (Å²) in [5.74, 6) is 0. The van der Waals surface area contributed by atoms with Gasteiger partial charge in [0.15, 0.2) is 0 Å². The molecule has 0 aliphatic carbocycles. The van der Waals surface area contributed by atoms with E-state index in [4.69, 9.17) is 11.6 Å². The third-order valence-corrected chi connectivity index (χ3v) is 3.85. The maximum atomic E-state index is 6.06. The Kier molecular flexibility index (Phi) is 5.22. The van der Waals surface area contributed by atoms with Crippen LogP contribution < -0.4 is 5.32 Å². The highest BCUT2D eigenvalue weighted by atomic mass is 35.5. The second kappa shape index (κ2) is 6.92. The molecular weight excluding hydrogens is 266 g/mol. The molecular formula is C18H22ClN. The molecule has 0 aromatic heterocycles. The van der Waals surface area contributed by atoms with Gasteiger partial charge in [-0.05, 0) is 55.6 Å². The van der Waals surface area contributed by atoms with Crippen LogP contribution in [0.2, 0.25) is 5.02 Å². The van der Waals surface area contributed by atoms with Crippen LogP contribution in [0.15, 0.2) is 42.5 Å². The molecule has 0 bridgehead atoms. The van der Waals surface area contributed by atoms with Crippen molar-refractivity contribution in [3.05, 3.63) is 69.7 Å². The molecule has 1 N–H and O–H groups in total. The maximum Gasteiger partial charge on any atom is 0.0408 e. The Morgan fingerprint density at radius 3 is 2.35 bits per heavy atom. The van der Waals surface area contributed by atoms with Crippen LogP contribution in [-0.4, -0.2) is 6.54 Å². The quantitative estimate of drug-likeness (QED) is 0.829. The normalized spacial score (nSPS) is 12.4. The fraction of sp³-hybridized carbons (Fsp3) is 0.333. The summed E-state index contributed by atoms with van der Waals surface area (Å²) in [5, 5.41) is 4.38. The van der Waals surface area contributed by atoms with E-state index in [2.05, 4.69) is 56.4 Å². The average molecular weight is 288 g/mol. The molecule has 1 unspecified atom stereocenters. The van der Waals surface area contributed by atoms with Gasteiger partial charge in [-0.2, -0.15) is 0 Å². The number of aryl methyl sites for hydroxylation is 2. The van der Waals surface area contributed by atoms with Gasteiger partial charge in [0, 0.05) is 11.1 Å². The number of likely N-dealkylation sites (N-methyl/N-ethyl adjacent to an activating group) is 1. The first kappa shape index (κ1) is 15.1. The lowest BCUT2D eigenvalue weighted by Crippen LogP contribution is -2.23. The second-order valence-corrected chi connectivity index (χ2v) is 5.74. The van der Waals surface area contributed by atoms with Crippen molar-refractivity contribution in [3.63, 3.8) is 0 Å². The molecule has 2 aromatic rings. The van der Waals surface area contributed by atoms with E-state index in [1.54, 1.807) is 0 Å². The van der Waals surface area contributed by atoms with E-state index in [1.807, 2.05) is 12.1 Å². The minimum Gasteiger partial charge on any atom is -0.310 e. The lowest BCUT2D eigenvalue weighted by molar-refractivity contribution is 0.547. The molecule has 0 saturated heterocycles. The van der Waals surface area contributed by atoms with Gasteiger partial charge in [-0.15, -0.1) is 0 Å². The average Bonchev–Trinajstić information content (AvgIpc) is 2.41. The van der Waals surface area contributed by atoms with Gasteiger partial charge in [0.1, 0.15) is 0 Å². The van der Waals surface area contributed by atoms with Gasteiger partial charge in [-0.25, -0.2) is 0 Å². The Balaban J connectivity index is 2.24. The summed E-state index contributed by atoms with van der Waals surface area (Å²) >= 11 is 6.06. The van der Waals surface area contributed by atoms with Crippen LogP contribution >= 0.6 is 11.6 Å². The topological polar surface area (TPSA) is 12.0 Å². The Bertz CT molecular complexity index is 560. The van der Waals surface area contributed by atoms with Gasteiger partial charge < -0.3 is 5.32 Å². The smallest absolute Gasteiger partial charge is 0.0408 e. The van der Waals surface area contributed by atoms with E-state index in [9.17, 15) is 0 Å². The van der Waals surface area contributed by atoms with E-state index in [0.29, 0.717) is 6.04 Å². The maximum absolute atomic E-state index is 6.06. The van der Waals surface area contributed by atoms with E-state index in [-0.39, 0.29) is 0 Å². The minimum atomic E-state index is 0.333. The van der Waals surface area contributed by atoms with Gasteiger partial charge >= 0.3 is 0 Å². The summed E-state index contributed by atoms with van der Waals surface area (Å²) < 4.78 is 0. The first-order valence-corrected chi connectivity index (χ1v) is 7.53. The summed E-state index contributed by atoms with van der Waals surface area (Å²) in [6.45, 7) is 7.35. The highest BCUT2D eigenvalue weighted by Gasteiger charge is 2.13. The van der Waals surface area contributed by atoms with Crippen LogP contribution in [0, 0.1) is 13.8 Å². The zero-order valence-electron chi connectivity index (χ0n) is 12.4. The first-order valence-electron chi connectivity index (χ1n) is 7.15. The van der Waals surface area contributed by atoms with E-state index < -0.39 is 0 Å². The zero-order valence-corrected chi connectivity index (χ0v) is 13.2. The number of halogens is 1. The molecule has 0 saturated carbocycles. The van der Waals surface area contributed by atoms with Crippen LogP contribution in [0.1, 0.15) is 35.2 Å². The van der Waals surface area contributed by atoms with Crippen molar-refractivity contribution in [2.75, 3.05) is 6.54 Å². The Morgan fingerprint density at radius 1 is 1.05 bits per heavy atom. The standard InChI is InChI=1S/C18H22ClN/c1-4-20-18(12-15-7-5-13(2)6-8-15)17-10-9-16(19)11-14(17)3/h5-11,18,20H,4,12H2,1-3H3. The molecule has 1 atom stereocenters. The Hall–Kier alpha value is -1.31. The van der Waals surface area contributed by atoms with Crippen molar-refractivity contribution in [2.45, 2.75) is 33.2 Å². The highest BCUT2D eigenvalue weighted by molar-refractivity contribution is 6.30. The zero-order chi connectivity index (χ0) is 14.5. The van der Waals surface area contributed by atoms with Crippen molar-refractivity contribution in [2.24, 2.45) is 0 Å². The molecule has 20 heavy (non-hydrogen) atoms. The number of benzene rings is 2. The van der Waals surface area contributed by atoms with Gasteiger partial charge in [-0.1, -0.05) is 54.4 Å². The lowest BCUT2D eigenvalue weighted by Gasteiger charge is -2.21.